The highest BCUT2D eigenvalue weighted by Crippen LogP contribution is 2.29. The maximum Gasteiger partial charge on any atom is 0.199 e. The summed E-state index contributed by atoms with van der Waals surface area (Å²) in [6.45, 7) is 3.98. The molecule has 2 aromatic carbocycles. The van der Waals surface area contributed by atoms with Gasteiger partial charge >= 0.3 is 0 Å². The number of benzene rings is 2. The van der Waals surface area contributed by atoms with Crippen molar-refractivity contribution in [2.24, 2.45) is 0 Å². The zero-order valence-electron chi connectivity index (χ0n) is 12.1. The number of rotatable bonds is 1. The smallest absolute Gasteiger partial charge is 0.199 e. The van der Waals surface area contributed by atoms with E-state index in [-0.39, 0.29) is 5.43 Å². The number of nitrogens with zero attached hydrogens (tertiary/aromatic N) is 1. The van der Waals surface area contributed by atoms with Crippen LogP contribution in [-0.4, -0.2) is 13.1 Å². The molecule has 0 N–H and O–H groups in total. The van der Waals surface area contributed by atoms with Gasteiger partial charge in [0.2, 0.25) is 0 Å². The van der Waals surface area contributed by atoms with Gasteiger partial charge in [0, 0.05) is 24.7 Å². The van der Waals surface area contributed by atoms with Crippen molar-refractivity contribution in [3.05, 3.63) is 52.2 Å². The van der Waals surface area contributed by atoms with E-state index in [0.717, 1.165) is 35.0 Å². The number of aryl methyl sites for hydroxylation is 1. The molecule has 1 saturated heterocycles. The minimum Gasteiger partial charge on any atom is -0.440 e. The summed E-state index contributed by atoms with van der Waals surface area (Å²) in [6.07, 6.45) is 2.33. The Morgan fingerprint density at radius 3 is 2.62 bits per heavy atom. The number of fused-ring (bicyclic) bond motifs is 2. The van der Waals surface area contributed by atoms with Crippen LogP contribution in [-0.2, 0) is 0 Å². The van der Waals surface area contributed by atoms with Gasteiger partial charge in [0.05, 0.1) is 5.39 Å². The van der Waals surface area contributed by atoms with Gasteiger partial charge in [0.25, 0.3) is 0 Å². The lowest BCUT2D eigenvalue weighted by molar-refractivity contribution is 0.585. The van der Waals surface area contributed by atoms with Crippen molar-refractivity contribution in [3.63, 3.8) is 0 Å². The molecule has 3 aromatic rings. The standard InChI is InChI=1S/C18H17NO2/c1-12-14-7-3-2-6-13(14)10-15-16(20)11-17(21-18(12)15)19-8-4-5-9-19/h2-3,6-7,10-11H,4-5,8-9H2,1H3. The Labute approximate surface area is 122 Å². The molecule has 0 saturated carbocycles. The molecule has 0 spiro atoms. The molecule has 4 rings (SSSR count). The first kappa shape index (κ1) is 12.5. The highest BCUT2D eigenvalue weighted by Gasteiger charge is 2.17. The quantitative estimate of drug-likeness (QED) is 0.634. The maximum absolute atomic E-state index is 12.5. The number of anilines is 1. The number of hydrogen-bond acceptors (Lipinski definition) is 3. The maximum atomic E-state index is 12.5. The Morgan fingerprint density at radius 1 is 1.05 bits per heavy atom. The van der Waals surface area contributed by atoms with Crippen LogP contribution in [0.25, 0.3) is 21.7 Å². The van der Waals surface area contributed by atoms with Crippen molar-refractivity contribution in [2.75, 3.05) is 18.0 Å². The normalized spacial score (nSPS) is 15.2. The zero-order valence-corrected chi connectivity index (χ0v) is 12.1. The van der Waals surface area contributed by atoms with Gasteiger partial charge in [0.15, 0.2) is 11.3 Å². The summed E-state index contributed by atoms with van der Waals surface area (Å²) in [5.41, 5.74) is 1.82. The molecule has 1 aromatic heterocycles. The van der Waals surface area contributed by atoms with Gasteiger partial charge in [0.1, 0.15) is 5.58 Å². The second kappa shape index (κ2) is 4.62. The third-order valence-electron chi connectivity index (χ3n) is 4.39. The summed E-state index contributed by atoms with van der Waals surface area (Å²) in [5, 5.41) is 2.91. The Morgan fingerprint density at radius 2 is 1.81 bits per heavy atom. The highest BCUT2D eigenvalue weighted by atomic mass is 16.4. The molecule has 0 aliphatic carbocycles. The molecule has 0 radical (unpaired) electrons. The van der Waals surface area contributed by atoms with E-state index in [1.807, 2.05) is 31.2 Å². The van der Waals surface area contributed by atoms with E-state index in [2.05, 4.69) is 11.0 Å². The van der Waals surface area contributed by atoms with E-state index < -0.39 is 0 Å². The van der Waals surface area contributed by atoms with Crippen LogP contribution in [0.2, 0.25) is 0 Å². The molecule has 0 atom stereocenters. The van der Waals surface area contributed by atoms with Crippen molar-refractivity contribution in [3.8, 4) is 0 Å². The first-order valence-corrected chi connectivity index (χ1v) is 7.45. The van der Waals surface area contributed by atoms with Crippen LogP contribution in [0.15, 0.2) is 45.6 Å². The van der Waals surface area contributed by atoms with Gasteiger partial charge in [-0.1, -0.05) is 24.3 Å². The second-order valence-electron chi connectivity index (χ2n) is 5.74. The molecule has 0 bridgehead atoms. The molecular formula is C18H17NO2. The summed E-state index contributed by atoms with van der Waals surface area (Å²) in [7, 11) is 0. The summed E-state index contributed by atoms with van der Waals surface area (Å²) in [4.78, 5) is 14.6. The van der Waals surface area contributed by atoms with Crippen LogP contribution in [0, 0.1) is 6.92 Å². The molecule has 1 aliphatic heterocycles. The molecule has 0 amide bonds. The minimum atomic E-state index is 0.0482. The monoisotopic (exact) mass is 279 g/mol. The second-order valence-corrected chi connectivity index (χ2v) is 5.74. The van der Waals surface area contributed by atoms with E-state index in [9.17, 15) is 4.79 Å². The minimum absolute atomic E-state index is 0.0482. The molecule has 2 heterocycles. The van der Waals surface area contributed by atoms with Gasteiger partial charge in [-0.2, -0.15) is 0 Å². The van der Waals surface area contributed by atoms with Gasteiger partial charge in [-0.05, 0) is 36.6 Å². The average Bonchev–Trinajstić information content (AvgIpc) is 3.03. The van der Waals surface area contributed by atoms with Crippen molar-refractivity contribution in [1.82, 2.24) is 0 Å². The SMILES string of the molecule is Cc1c2ccccc2cc2c(=O)cc(N3CCCC3)oc12. The molecule has 21 heavy (non-hydrogen) atoms. The third-order valence-corrected chi connectivity index (χ3v) is 4.39. The Bertz CT molecular complexity index is 889. The van der Waals surface area contributed by atoms with Crippen molar-refractivity contribution >= 4 is 27.6 Å². The first-order chi connectivity index (χ1) is 10.2. The largest absolute Gasteiger partial charge is 0.440 e. The van der Waals surface area contributed by atoms with Crippen LogP contribution in [0.1, 0.15) is 18.4 Å². The summed E-state index contributed by atoms with van der Waals surface area (Å²) in [6, 6.07) is 11.7. The van der Waals surface area contributed by atoms with Gasteiger partial charge in [-0.3, -0.25) is 4.79 Å². The lowest BCUT2D eigenvalue weighted by Gasteiger charge is -2.16. The predicted molar refractivity (Wildman–Crippen MR) is 86.2 cm³/mol. The topological polar surface area (TPSA) is 33.5 Å². The van der Waals surface area contributed by atoms with Crippen LogP contribution in [0.3, 0.4) is 0 Å². The van der Waals surface area contributed by atoms with Crippen molar-refractivity contribution < 1.29 is 4.42 Å². The highest BCUT2D eigenvalue weighted by molar-refractivity contribution is 5.99. The summed E-state index contributed by atoms with van der Waals surface area (Å²) in [5.74, 6) is 0.711. The molecule has 1 fully saturated rings. The number of hydrogen-bond donors (Lipinski definition) is 0. The lowest BCUT2D eigenvalue weighted by atomic mass is 10.0. The molecule has 3 heteroatoms. The van der Waals surface area contributed by atoms with Gasteiger partial charge in [-0.15, -0.1) is 0 Å². The van der Waals surface area contributed by atoms with E-state index in [0.29, 0.717) is 11.3 Å². The fraction of sp³-hybridized carbons (Fsp3) is 0.278. The van der Waals surface area contributed by atoms with E-state index in [1.54, 1.807) is 6.07 Å². The molecule has 3 nitrogen and oxygen atoms in total. The van der Waals surface area contributed by atoms with Crippen molar-refractivity contribution in [2.45, 2.75) is 19.8 Å². The van der Waals surface area contributed by atoms with Crippen LogP contribution in [0.5, 0.6) is 0 Å². The molecule has 0 unspecified atom stereocenters. The predicted octanol–water partition coefficient (Wildman–Crippen LogP) is 3.85. The lowest BCUT2D eigenvalue weighted by Crippen LogP contribution is -2.19. The van der Waals surface area contributed by atoms with Crippen LogP contribution < -0.4 is 10.3 Å². The van der Waals surface area contributed by atoms with Crippen LogP contribution >= 0.6 is 0 Å². The zero-order chi connectivity index (χ0) is 14.4. The molecule has 1 aliphatic rings. The van der Waals surface area contributed by atoms with Crippen molar-refractivity contribution in [1.29, 1.82) is 0 Å². The Kier molecular flexibility index (Phi) is 2.74. The Balaban J connectivity index is 2.05. The summed E-state index contributed by atoms with van der Waals surface area (Å²) < 4.78 is 6.09. The fourth-order valence-electron chi connectivity index (χ4n) is 3.24. The molecule has 106 valence electrons. The van der Waals surface area contributed by atoms with Gasteiger partial charge in [-0.25, -0.2) is 0 Å². The van der Waals surface area contributed by atoms with E-state index in [4.69, 9.17) is 4.42 Å². The van der Waals surface area contributed by atoms with E-state index >= 15 is 0 Å². The van der Waals surface area contributed by atoms with Gasteiger partial charge < -0.3 is 9.32 Å². The molecular weight excluding hydrogens is 262 g/mol. The Hall–Kier alpha value is -2.29. The van der Waals surface area contributed by atoms with Crippen LogP contribution in [0.4, 0.5) is 5.88 Å². The average molecular weight is 279 g/mol. The van der Waals surface area contributed by atoms with E-state index in [1.165, 1.54) is 12.8 Å². The fourth-order valence-corrected chi connectivity index (χ4v) is 3.24. The third kappa shape index (κ3) is 1.92. The first-order valence-electron chi connectivity index (χ1n) is 7.45. The summed E-state index contributed by atoms with van der Waals surface area (Å²) >= 11 is 0.